The molecule has 1 unspecified atom stereocenters. The lowest BCUT2D eigenvalue weighted by Crippen LogP contribution is -2.22. The van der Waals surface area contributed by atoms with Gasteiger partial charge in [0.25, 0.3) is 0 Å². The maximum absolute atomic E-state index is 5.71. The molecule has 1 aliphatic rings. The van der Waals surface area contributed by atoms with Crippen molar-refractivity contribution < 1.29 is 0 Å². The molecule has 0 aliphatic carbocycles. The zero-order valence-electron chi connectivity index (χ0n) is 10.3. The van der Waals surface area contributed by atoms with E-state index in [0.29, 0.717) is 11.8 Å². The first-order chi connectivity index (χ1) is 7.70. The summed E-state index contributed by atoms with van der Waals surface area (Å²) in [4.78, 5) is 2.45. The molecule has 1 fully saturated rings. The number of hydrogen-bond donors (Lipinski definition) is 1. The molecule has 0 bridgehead atoms. The number of nitrogens with two attached hydrogens (primary N) is 1. The Morgan fingerprint density at radius 2 is 2.00 bits per heavy atom. The average Bonchev–Trinajstić information content (AvgIpc) is 2.77. The van der Waals surface area contributed by atoms with Gasteiger partial charge >= 0.3 is 0 Å². The molecule has 88 valence electrons. The molecule has 0 spiro atoms. The van der Waals surface area contributed by atoms with Crippen molar-refractivity contribution in [3.8, 4) is 0 Å². The van der Waals surface area contributed by atoms with Crippen LogP contribution in [0, 0.1) is 5.92 Å². The van der Waals surface area contributed by atoms with Crippen LogP contribution in [0.25, 0.3) is 0 Å². The number of rotatable bonds is 3. The second-order valence-corrected chi connectivity index (χ2v) is 5.08. The quantitative estimate of drug-likeness (QED) is 0.845. The molecule has 1 atom stereocenters. The molecule has 2 rings (SSSR count). The molecule has 1 aliphatic heterocycles. The molecule has 1 aromatic rings. The van der Waals surface area contributed by atoms with Crippen molar-refractivity contribution >= 4 is 5.69 Å². The topological polar surface area (TPSA) is 29.3 Å². The first-order valence-corrected chi connectivity index (χ1v) is 6.25. The Hall–Kier alpha value is -1.02. The van der Waals surface area contributed by atoms with Gasteiger partial charge < -0.3 is 10.6 Å². The SMILES string of the molecule is CC(C)c1ccc(N2CCC(CN)C2)cc1. The van der Waals surface area contributed by atoms with E-state index >= 15 is 0 Å². The van der Waals surface area contributed by atoms with Crippen molar-refractivity contribution in [1.29, 1.82) is 0 Å². The van der Waals surface area contributed by atoms with Crippen LogP contribution in [0.4, 0.5) is 5.69 Å². The monoisotopic (exact) mass is 218 g/mol. The summed E-state index contributed by atoms with van der Waals surface area (Å²) in [5.41, 5.74) is 8.47. The van der Waals surface area contributed by atoms with Gasteiger partial charge in [-0.05, 0) is 42.5 Å². The highest BCUT2D eigenvalue weighted by Crippen LogP contribution is 2.25. The minimum Gasteiger partial charge on any atom is -0.371 e. The van der Waals surface area contributed by atoms with Crippen molar-refractivity contribution in [2.45, 2.75) is 26.2 Å². The lowest BCUT2D eigenvalue weighted by atomic mass is 10.0. The maximum Gasteiger partial charge on any atom is 0.0366 e. The van der Waals surface area contributed by atoms with Crippen molar-refractivity contribution in [1.82, 2.24) is 0 Å². The van der Waals surface area contributed by atoms with Gasteiger partial charge in [-0.1, -0.05) is 26.0 Å². The summed E-state index contributed by atoms with van der Waals surface area (Å²) in [7, 11) is 0. The molecule has 0 aromatic heterocycles. The number of nitrogens with zero attached hydrogens (tertiary/aromatic N) is 1. The van der Waals surface area contributed by atoms with Crippen LogP contribution in [-0.2, 0) is 0 Å². The first kappa shape index (κ1) is 11.5. The van der Waals surface area contributed by atoms with Gasteiger partial charge in [-0.2, -0.15) is 0 Å². The van der Waals surface area contributed by atoms with Crippen LogP contribution in [0.3, 0.4) is 0 Å². The molecule has 1 heterocycles. The van der Waals surface area contributed by atoms with Gasteiger partial charge in [-0.3, -0.25) is 0 Å². The molecular formula is C14H22N2. The average molecular weight is 218 g/mol. The standard InChI is InChI=1S/C14H22N2/c1-11(2)13-3-5-14(6-4-13)16-8-7-12(9-15)10-16/h3-6,11-12H,7-10,15H2,1-2H3. The van der Waals surface area contributed by atoms with Crippen molar-refractivity contribution in [2.75, 3.05) is 24.5 Å². The van der Waals surface area contributed by atoms with E-state index in [2.05, 4.69) is 43.0 Å². The molecule has 0 saturated carbocycles. The summed E-state index contributed by atoms with van der Waals surface area (Å²) in [6, 6.07) is 8.98. The molecule has 0 radical (unpaired) electrons. The summed E-state index contributed by atoms with van der Waals surface area (Å²) < 4.78 is 0. The highest BCUT2D eigenvalue weighted by atomic mass is 15.2. The van der Waals surface area contributed by atoms with E-state index in [0.717, 1.165) is 19.6 Å². The van der Waals surface area contributed by atoms with E-state index in [9.17, 15) is 0 Å². The lowest BCUT2D eigenvalue weighted by Gasteiger charge is -2.19. The molecule has 0 amide bonds. The van der Waals surface area contributed by atoms with E-state index in [1.165, 1.54) is 17.7 Å². The summed E-state index contributed by atoms with van der Waals surface area (Å²) in [5.74, 6) is 1.30. The highest BCUT2D eigenvalue weighted by Gasteiger charge is 2.21. The second kappa shape index (κ2) is 4.88. The van der Waals surface area contributed by atoms with Crippen LogP contribution in [0.15, 0.2) is 24.3 Å². The van der Waals surface area contributed by atoms with Gasteiger partial charge in [-0.25, -0.2) is 0 Å². The third-order valence-corrected chi connectivity index (χ3v) is 3.54. The molecule has 2 nitrogen and oxygen atoms in total. The van der Waals surface area contributed by atoms with Crippen LogP contribution in [0.2, 0.25) is 0 Å². The Bertz CT molecular complexity index is 329. The van der Waals surface area contributed by atoms with E-state index in [4.69, 9.17) is 5.73 Å². The minimum absolute atomic E-state index is 0.615. The lowest BCUT2D eigenvalue weighted by molar-refractivity contribution is 0.602. The molecule has 1 saturated heterocycles. The van der Waals surface area contributed by atoms with Crippen LogP contribution >= 0.6 is 0 Å². The Morgan fingerprint density at radius 3 is 2.50 bits per heavy atom. The van der Waals surface area contributed by atoms with Gasteiger partial charge in [-0.15, -0.1) is 0 Å². The Morgan fingerprint density at radius 1 is 1.31 bits per heavy atom. The molecular weight excluding hydrogens is 196 g/mol. The summed E-state index contributed by atoms with van der Waals surface area (Å²) in [6.45, 7) is 7.56. The summed E-state index contributed by atoms with van der Waals surface area (Å²) in [6.07, 6.45) is 1.24. The predicted molar refractivity (Wildman–Crippen MR) is 69.9 cm³/mol. The molecule has 1 aromatic carbocycles. The van der Waals surface area contributed by atoms with E-state index in [1.54, 1.807) is 0 Å². The van der Waals surface area contributed by atoms with Gasteiger partial charge in [0.2, 0.25) is 0 Å². The van der Waals surface area contributed by atoms with Crippen LogP contribution in [-0.4, -0.2) is 19.6 Å². The minimum atomic E-state index is 0.615. The Labute approximate surface area is 98.4 Å². The smallest absolute Gasteiger partial charge is 0.0366 e. The van der Waals surface area contributed by atoms with Gasteiger partial charge in [0.05, 0.1) is 0 Å². The number of hydrogen-bond acceptors (Lipinski definition) is 2. The molecule has 2 N–H and O–H groups in total. The maximum atomic E-state index is 5.71. The van der Waals surface area contributed by atoms with Gasteiger partial charge in [0.15, 0.2) is 0 Å². The summed E-state index contributed by atoms with van der Waals surface area (Å²) >= 11 is 0. The van der Waals surface area contributed by atoms with Crippen LogP contribution in [0.5, 0.6) is 0 Å². The van der Waals surface area contributed by atoms with Crippen LogP contribution < -0.4 is 10.6 Å². The summed E-state index contributed by atoms with van der Waals surface area (Å²) in [5, 5.41) is 0. The zero-order chi connectivity index (χ0) is 11.5. The fourth-order valence-corrected chi connectivity index (χ4v) is 2.33. The number of anilines is 1. The van der Waals surface area contributed by atoms with E-state index in [1.807, 2.05) is 0 Å². The third kappa shape index (κ3) is 2.38. The van der Waals surface area contributed by atoms with Crippen molar-refractivity contribution in [2.24, 2.45) is 11.7 Å². The largest absolute Gasteiger partial charge is 0.371 e. The fraction of sp³-hybridized carbons (Fsp3) is 0.571. The molecule has 2 heteroatoms. The van der Waals surface area contributed by atoms with Crippen molar-refractivity contribution in [3.63, 3.8) is 0 Å². The van der Waals surface area contributed by atoms with Crippen molar-refractivity contribution in [3.05, 3.63) is 29.8 Å². The normalized spacial score (nSPS) is 20.8. The Kier molecular flexibility index (Phi) is 3.49. The van der Waals surface area contributed by atoms with Gasteiger partial charge in [0, 0.05) is 18.8 Å². The molecule has 16 heavy (non-hydrogen) atoms. The zero-order valence-corrected chi connectivity index (χ0v) is 10.3. The van der Waals surface area contributed by atoms with E-state index in [-0.39, 0.29) is 0 Å². The second-order valence-electron chi connectivity index (χ2n) is 5.08. The number of benzene rings is 1. The highest BCUT2D eigenvalue weighted by molar-refractivity contribution is 5.48. The first-order valence-electron chi connectivity index (χ1n) is 6.25. The third-order valence-electron chi connectivity index (χ3n) is 3.54. The fourth-order valence-electron chi connectivity index (χ4n) is 2.33. The van der Waals surface area contributed by atoms with Gasteiger partial charge in [0.1, 0.15) is 0 Å². The predicted octanol–water partition coefficient (Wildman–Crippen LogP) is 2.60. The van der Waals surface area contributed by atoms with Crippen LogP contribution in [0.1, 0.15) is 31.7 Å². The van der Waals surface area contributed by atoms with E-state index < -0.39 is 0 Å². The Balaban J connectivity index is 2.05.